The van der Waals surface area contributed by atoms with Crippen molar-refractivity contribution in [2.45, 2.75) is 52.0 Å². The molecule has 128 valence electrons. The van der Waals surface area contributed by atoms with Crippen molar-refractivity contribution >= 4 is 23.3 Å². The molecule has 1 heterocycles. The van der Waals surface area contributed by atoms with Crippen LogP contribution >= 0.6 is 11.6 Å². The van der Waals surface area contributed by atoms with Gasteiger partial charge < -0.3 is 10.6 Å². The van der Waals surface area contributed by atoms with E-state index in [1.165, 1.54) is 19.3 Å². The second-order valence-corrected chi connectivity index (χ2v) is 6.75. The Bertz CT molecular complexity index is 717. The molecular weight excluding hydrogens is 324 g/mol. The van der Waals surface area contributed by atoms with Gasteiger partial charge in [0, 0.05) is 11.7 Å². The monoisotopic (exact) mass is 346 g/mol. The minimum absolute atomic E-state index is 0.135. The number of aromatic nitrogens is 2. The van der Waals surface area contributed by atoms with Crippen LogP contribution in [0, 0.1) is 13.8 Å². The van der Waals surface area contributed by atoms with E-state index in [0.717, 1.165) is 35.6 Å². The van der Waals surface area contributed by atoms with Gasteiger partial charge in [-0.15, -0.1) is 0 Å². The number of hydrogen-bond donors (Lipinski definition) is 2. The van der Waals surface area contributed by atoms with Gasteiger partial charge in [-0.3, -0.25) is 0 Å². The normalized spacial score (nSPS) is 15.3. The molecule has 5 nitrogen and oxygen atoms in total. The van der Waals surface area contributed by atoms with Crippen LogP contribution in [0.1, 0.15) is 43.5 Å². The number of carbonyl (C=O) groups excluding carboxylic acids is 1. The fourth-order valence-corrected chi connectivity index (χ4v) is 3.28. The summed E-state index contributed by atoms with van der Waals surface area (Å²) in [6.45, 7) is 3.82. The van der Waals surface area contributed by atoms with Gasteiger partial charge in [0.25, 0.3) is 0 Å². The van der Waals surface area contributed by atoms with E-state index < -0.39 is 0 Å². The number of nitrogens with one attached hydrogen (secondary N) is 2. The van der Waals surface area contributed by atoms with E-state index in [4.69, 9.17) is 11.6 Å². The van der Waals surface area contributed by atoms with Crippen LogP contribution in [0.2, 0.25) is 5.02 Å². The lowest BCUT2D eigenvalue weighted by Gasteiger charge is -2.22. The number of benzene rings is 1. The molecule has 2 N–H and O–H groups in total. The molecule has 1 fully saturated rings. The second-order valence-electron chi connectivity index (χ2n) is 6.38. The lowest BCUT2D eigenvalue weighted by atomic mass is 9.96. The zero-order chi connectivity index (χ0) is 17.1. The number of halogens is 1. The van der Waals surface area contributed by atoms with Gasteiger partial charge >= 0.3 is 6.03 Å². The minimum atomic E-state index is -0.135. The highest BCUT2D eigenvalue weighted by Gasteiger charge is 2.15. The van der Waals surface area contributed by atoms with E-state index in [0.29, 0.717) is 11.1 Å². The van der Waals surface area contributed by atoms with Crippen LogP contribution in [-0.2, 0) is 0 Å². The van der Waals surface area contributed by atoms with Crippen LogP contribution in [0.3, 0.4) is 0 Å². The smallest absolute Gasteiger partial charge is 0.319 e. The number of amides is 2. The third kappa shape index (κ3) is 3.73. The average molecular weight is 347 g/mol. The highest BCUT2D eigenvalue weighted by atomic mass is 35.5. The summed E-state index contributed by atoms with van der Waals surface area (Å²) in [5.41, 5.74) is 3.40. The van der Waals surface area contributed by atoms with E-state index in [-0.39, 0.29) is 6.03 Å². The van der Waals surface area contributed by atoms with E-state index in [1.807, 2.05) is 42.8 Å². The van der Waals surface area contributed by atoms with Crippen LogP contribution in [-0.4, -0.2) is 21.9 Å². The van der Waals surface area contributed by atoms with Crippen LogP contribution in [0.4, 0.5) is 10.5 Å². The Balaban J connectivity index is 1.63. The zero-order valence-corrected chi connectivity index (χ0v) is 14.9. The minimum Gasteiger partial charge on any atom is -0.335 e. The standard InChI is InChI=1S/C18H23ClN4O/c1-12-17(19)13(2)23(22-12)16-10-8-15(9-11-16)21-18(24)20-14-6-4-3-5-7-14/h8-11,14H,3-7H2,1-2H3,(H2,20,21,24). The van der Waals surface area contributed by atoms with Crippen LogP contribution in [0.5, 0.6) is 0 Å². The first-order valence-corrected chi connectivity index (χ1v) is 8.82. The van der Waals surface area contributed by atoms with Crippen LogP contribution in [0.25, 0.3) is 5.69 Å². The molecule has 2 aromatic rings. The van der Waals surface area contributed by atoms with E-state index in [9.17, 15) is 4.79 Å². The van der Waals surface area contributed by atoms with Gasteiger partial charge in [-0.25, -0.2) is 9.48 Å². The van der Waals surface area contributed by atoms with Crippen molar-refractivity contribution in [2.75, 3.05) is 5.32 Å². The summed E-state index contributed by atoms with van der Waals surface area (Å²) in [5.74, 6) is 0. The van der Waals surface area contributed by atoms with Gasteiger partial charge in [0.2, 0.25) is 0 Å². The highest BCUT2D eigenvalue weighted by molar-refractivity contribution is 6.31. The zero-order valence-electron chi connectivity index (χ0n) is 14.1. The predicted octanol–water partition coefficient (Wildman–Crippen LogP) is 4.60. The van der Waals surface area contributed by atoms with Crippen molar-refractivity contribution in [2.24, 2.45) is 0 Å². The van der Waals surface area contributed by atoms with Crippen molar-refractivity contribution in [1.82, 2.24) is 15.1 Å². The molecule has 0 aliphatic heterocycles. The van der Waals surface area contributed by atoms with Gasteiger partial charge in [0.15, 0.2) is 0 Å². The Morgan fingerprint density at radius 1 is 1.17 bits per heavy atom. The summed E-state index contributed by atoms with van der Waals surface area (Å²) >= 11 is 6.19. The molecule has 0 unspecified atom stereocenters. The van der Waals surface area contributed by atoms with Gasteiger partial charge in [0.05, 0.1) is 22.1 Å². The number of carbonyl (C=O) groups is 1. The van der Waals surface area contributed by atoms with E-state index in [2.05, 4.69) is 15.7 Å². The number of anilines is 1. The van der Waals surface area contributed by atoms with Crippen molar-refractivity contribution in [3.63, 3.8) is 0 Å². The quantitative estimate of drug-likeness (QED) is 0.853. The lowest BCUT2D eigenvalue weighted by Crippen LogP contribution is -2.38. The Kier molecular flexibility index (Phi) is 5.09. The molecule has 1 aromatic carbocycles. The summed E-state index contributed by atoms with van der Waals surface area (Å²) in [7, 11) is 0. The number of urea groups is 1. The molecule has 0 atom stereocenters. The molecule has 1 aliphatic rings. The molecule has 24 heavy (non-hydrogen) atoms. The summed E-state index contributed by atoms with van der Waals surface area (Å²) < 4.78 is 1.81. The molecule has 0 radical (unpaired) electrons. The first kappa shape index (κ1) is 16.8. The summed E-state index contributed by atoms with van der Waals surface area (Å²) in [6.07, 6.45) is 5.82. The van der Waals surface area contributed by atoms with Gasteiger partial charge in [-0.1, -0.05) is 30.9 Å². The molecule has 0 saturated heterocycles. The topological polar surface area (TPSA) is 59.0 Å². The highest BCUT2D eigenvalue weighted by Crippen LogP contribution is 2.23. The van der Waals surface area contributed by atoms with E-state index >= 15 is 0 Å². The summed E-state index contributed by atoms with van der Waals surface area (Å²) in [6, 6.07) is 7.76. The SMILES string of the molecule is Cc1nn(-c2ccc(NC(=O)NC3CCCCC3)cc2)c(C)c1Cl. The van der Waals surface area contributed by atoms with Gasteiger partial charge in [0.1, 0.15) is 0 Å². The largest absolute Gasteiger partial charge is 0.335 e. The van der Waals surface area contributed by atoms with E-state index in [1.54, 1.807) is 0 Å². The molecule has 6 heteroatoms. The molecule has 1 aromatic heterocycles. The van der Waals surface area contributed by atoms with Crippen molar-refractivity contribution in [3.8, 4) is 5.69 Å². The average Bonchev–Trinajstić information content (AvgIpc) is 2.84. The predicted molar refractivity (Wildman–Crippen MR) is 97.1 cm³/mol. The second kappa shape index (κ2) is 7.26. The molecule has 1 aliphatic carbocycles. The molecular formula is C18H23ClN4O. The molecule has 2 amide bonds. The summed E-state index contributed by atoms with van der Waals surface area (Å²) in [5, 5.41) is 11.1. The van der Waals surface area contributed by atoms with Gasteiger partial charge in [-0.05, 0) is 51.0 Å². The number of rotatable bonds is 3. The maximum atomic E-state index is 12.1. The molecule has 0 spiro atoms. The van der Waals surface area contributed by atoms with Crippen LogP contribution < -0.4 is 10.6 Å². The van der Waals surface area contributed by atoms with Crippen molar-refractivity contribution in [3.05, 3.63) is 40.7 Å². The maximum Gasteiger partial charge on any atom is 0.319 e. The van der Waals surface area contributed by atoms with Crippen molar-refractivity contribution < 1.29 is 4.79 Å². The Hall–Kier alpha value is -2.01. The number of aryl methyl sites for hydroxylation is 1. The fourth-order valence-electron chi connectivity index (χ4n) is 3.16. The Morgan fingerprint density at radius 3 is 2.42 bits per heavy atom. The van der Waals surface area contributed by atoms with Gasteiger partial charge in [-0.2, -0.15) is 5.10 Å². The lowest BCUT2D eigenvalue weighted by molar-refractivity contribution is 0.244. The molecule has 3 rings (SSSR count). The van der Waals surface area contributed by atoms with Crippen LogP contribution in [0.15, 0.2) is 24.3 Å². The first-order chi connectivity index (χ1) is 11.5. The number of nitrogens with zero attached hydrogens (tertiary/aromatic N) is 2. The first-order valence-electron chi connectivity index (χ1n) is 8.44. The summed E-state index contributed by atoms with van der Waals surface area (Å²) in [4.78, 5) is 12.1. The Labute approximate surface area is 147 Å². The maximum absolute atomic E-state index is 12.1. The number of hydrogen-bond acceptors (Lipinski definition) is 2. The molecule has 0 bridgehead atoms. The molecule has 1 saturated carbocycles. The Morgan fingerprint density at radius 2 is 1.83 bits per heavy atom. The fraction of sp³-hybridized carbons (Fsp3) is 0.444. The third-order valence-electron chi connectivity index (χ3n) is 4.51. The van der Waals surface area contributed by atoms with Crippen molar-refractivity contribution in [1.29, 1.82) is 0 Å². The third-order valence-corrected chi connectivity index (χ3v) is 5.06.